The summed E-state index contributed by atoms with van der Waals surface area (Å²) in [5.41, 5.74) is 13.6. The smallest absolute Gasteiger partial charge is 0.147 e. The van der Waals surface area contributed by atoms with Gasteiger partial charge in [-0.2, -0.15) is 0 Å². The van der Waals surface area contributed by atoms with Gasteiger partial charge in [0.15, 0.2) is 0 Å². The molecule has 126 valence electrons. The fraction of sp³-hybridized carbons (Fsp3) is 0.471. The molecule has 23 heavy (non-hydrogen) atoms. The highest BCUT2D eigenvalue weighted by Crippen LogP contribution is 2.10. The number of amidine groups is 1. The molecule has 0 atom stereocenters. The molecule has 0 bridgehead atoms. The number of benzene rings is 1. The summed E-state index contributed by atoms with van der Waals surface area (Å²) >= 11 is 0. The number of halogens is 1. The van der Waals surface area contributed by atoms with Crippen molar-refractivity contribution >= 4 is 5.84 Å². The SMILES string of the molecule is CC/C(N)=N/C(NCCN1CCC1)=C(\N)Cc1ccc(F)cc1. The van der Waals surface area contributed by atoms with Gasteiger partial charge in [0.05, 0.1) is 5.70 Å². The number of rotatable bonds is 8. The van der Waals surface area contributed by atoms with E-state index >= 15 is 0 Å². The van der Waals surface area contributed by atoms with Gasteiger partial charge in [-0.1, -0.05) is 19.1 Å². The quantitative estimate of drug-likeness (QED) is 0.502. The maximum Gasteiger partial charge on any atom is 0.147 e. The van der Waals surface area contributed by atoms with E-state index in [2.05, 4.69) is 15.2 Å². The highest BCUT2D eigenvalue weighted by molar-refractivity contribution is 5.80. The number of nitrogens with two attached hydrogens (primary N) is 2. The maximum absolute atomic E-state index is 13.0. The van der Waals surface area contributed by atoms with E-state index in [1.165, 1.54) is 18.6 Å². The standard InChI is InChI=1S/C17H26FN5/c1-2-16(20)22-17(21-8-11-23-9-3-10-23)15(19)12-13-4-6-14(18)7-5-13/h4-7,21H,2-3,8-12,19H2,1H3,(H2,20,22)/b17-15-. The number of allylic oxidation sites excluding steroid dienone is 1. The summed E-state index contributed by atoms with van der Waals surface area (Å²) in [6, 6.07) is 6.33. The van der Waals surface area contributed by atoms with Gasteiger partial charge in [0.25, 0.3) is 0 Å². The second-order valence-corrected chi connectivity index (χ2v) is 5.76. The monoisotopic (exact) mass is 319 g/mol. The summed E-state index contributed by atoms with van der Waals surface area (Å²) < 4.78 is 13.0. The van der Waals surface area contributed by atoms with Gasteiger partial charge in [0.2, 0.25) is 0 Å². The number of hydrogen-bond acceptors (Lipinski definition) is 4. The molecule has 5 nitrogen and oxygen atoms in total. The topological polar surface area (TPSA) is 79.7 Å². The van der Waals surface area contributed by atoms with Crippen LogP contribution in [0.4, 0.5) is 4.39 Å². The van der Waals surface area contributed by atoms with Gasteiger partial charge in [0.1, 0.15) is 17.5 Å². The van der Waals surface area contributed by atoms with E-state index in [1.54, 1.807) is 12.1 Å². The first kappa shape index (κ1) is 17.3. The molecule has 6 heteroatoms. The number of nitrogens with zero attached hydrogens (tertiary/aromatic N) is 2. The lowest BCUT2D eigenvalue weighted by Gasteiger charge is -2.30. The molecule has 0 spiro atoms. The average molecular weight is 319 g/mol. The van der Waals surface area contributed by atoms with Crippen LogP contribution in [0.25, 0.3) is 0 Å². The Morgan fingerprint density at radius 3 is 2.52 bits per heavy atom. The van der Waals surface area contributed by atoms with Crippen LogP contribution >= 0.6 is 0 Å². The van der Waals surface area contributed by atoms with Crippen LogP contribution in [0, 0.1) is 5.82 Å². The molecule has 1 heterocycles. The predicted octanol–water partition coefficient (Wildman–Crippen LogP) is 1.56. The second kappa shape index (κ2) is 8.53. The maximum atomic E-state index is 13.0. The van der Waals surface area contributed by atoms with Gasteiger partial charge in [-0.15, -0.1) is 0 Å². The molecule has 0 amide bonds. The van der Waals surface area contributed by atoms with Crippen LogP contribution in [0.1, 0.15) is 25.3 Å². The number of nitrogens with one attached hydrogen (secondary N) is 1. The third-order valence-electron chi connectivity index (χ3n) is 3.90. The van der Waals surface area contributed by atoms with Gasteiger partial charge < -0.3 is 21.7 Å². The van der Waals surface area contributed by atoms with Crippen LogP contribution in [0.5, 0.6) is 0 Å². The van der Waals surface area contributed by atoms with Gasteiger partial charge >= 0.3 is 0 Å². The summed E-state index contributed by atoms with van der Waals surface area (Å²) in [6.07, 6.45) is 2.45. The minimum absolute atomic E-state index is 0.252. The van der Waals surface area contributed by atoms with Crippen molar-refractivity contribution in [2.75, 3.05) is 26.2 Å². The Bertz CT molecular complexity index is 561. The third-order valence-corrected chi connectivity index (χ3v) is 3.90. The molecule has 5 N–H and O–H groups in total. The van der Waals surface area contributed by atoms with E-state index in [0.717, 1.165) is 31.7 Å². The van der Waals surface area contributed by atoms with E-state index in [4.69, 9.17) is 11.5 Å². The van der Waals surface area contributed by atoms with Crippen molar-refractivity contribution < 1.29 is 4.39 Å². The third kappa shape index (κ3) is 5.56. The summed E-state index contributed by atoms with van der Waals surface area (Å²) in [7, 11) is 0. The van der Waals surface area contributed by atoms with E-state index < -0.39 is 0 Å². The molecule has 1 aliphatic rings. The zero-order chi connectivity index (χ0) is 16.7. The van der Waals surface area contributed by atoms with Crippen LogP contribution in [0.15, 0.2) is 40.8 Å². The summed E-state index contributed by atoms with van der Waals surface area (Å²) in [6.45, 7) is 6.01. The molecule has 1 aliphatic heterocycles. The molecule has 0 radical (unpaired) electrons. The van der Waals surface area contributed by atoms with Crippen LogP contribution < -0.4 is 16.8 Å². The molecule has 1 fully saturated rings. The molecular weight excluding hydrogens is 293 g/mol. The van der Waals surface area contributed by atoms with Crippen LogP contribution in [0.3, 0.4) is 0 Å². The fourth-order valence-corrected chi connectivity index (χ4v) is 2.29. The van der Waals surface area contributed by atoms with E-state index in [-0.39, 0.29) is 5.82 Å². The zero-order valence-corrected chi connectivity index (χ0v) is 13.7. The Balaban J connectivity index is 2.03. The summed E-state index contributed by atoms with van der Waals surface area (Å²) in [5.74, 6) is 0.908. The lowest BCUT2D eigenvalue weighted by atomic mass is 10.1. The molecule has 1 aromatic carbocycles. The lowest BCUT2D eigenvalue weighted by Crippen LogP contribution is -2.41. The Hall–Kier alpha value is -2.08. The minimum Gasteiger partial charge on any atom is -0.399 e. The van der Waals surface area contributed by atoms with Crippen molar-refractivity contribution in [2.24, 2.45) is 16.5 Å². The Morgan fingerprint density at radius 2 is 1.96 bits per heavy atom. The van der Waals surface area contributed by atoms with Gasteiger partial charge in [-0.05, 0) is 37.2 Å². The van der Waals surface area contributed by atoms with E-state index in [9.17, 15) is 4.39 Å². The van der Waals surface area contributed by atoms with Crippen molar-refractivity contribution in [1.29, 1.82) is 0 Å². The van der Waals surface area contributed by atoms with Crippen molar-refractivity contribution in [3.8, 4) is 0 Å². The lowest BCUT2D eigenvalue weighted by molar-refractivity contribution is 0.184. The first-order chi connectivity index (χ1) is 11.1. The normalized spacial score (nSPS) is 16.7. The van der Waals surface area contributed by atoms with Gasteiger partial charge in [-0.3, -0.25) is 0 Å². The Morgan fingerprint density at radius 1 is 1.26 bits per heavy atom. The van der Waals surface area contributed by atoms with Gasteiger partial charge in [-0.25, -0.2) is 9.38 Å². The fourth-order valence-electron chi connectivity index (χ4n) is 2.29. The first-order valence-corrected chi connectivity index (χ1v) is 8.10. The van der Waals surface area contributed by atoms with Crippen LogP contribution in [-0.2, 0) is 6.42 Å². The van der Waals surface area contributed by atoms with Crippen molar-refractivity contribution in [1.82, 2.24) is 10.2 Å². The average Bonchev–Trinajstić information content (AvgIpc) is 2.50. The molecule has 0 aliphatic carbocycles. The number of likely N-dealkylation sites (tertiary alicyclic amines) is 1. The Kier molecular flexibility index (Phi) is 6.40. The van der Waals surface area contributed by atoms with Crippen molar-refractivity contribution in [2.45, 2.75) is 26.2 Å². The first-order valence-electron chi connectivity index (χ1n) is 8.10. The van der Waals surface area contributed by atoms with Crippen LogP contribution in [-0.4, -0.2) is 36.9 Å². The molecular formula is C17H26FN5. The Labute approximate surface area is 137 Å². The van der Waals surface area contributed by atoms with E-state index in [0.29, 0.717) is 30.2 Å². The van der Waals surface area contributed by atoms with E-state index in [1.807, 2.05) is 6.92 Å². The highest BCUT2D eigenvalue weighted by Gasteiger charge is 2.13. The molecule has 0 unspecified atom stereocenters. The van der Waals surface area contributed by atoms with Crippen molar-refractivity contribution in [3.63, 3.8) is 0 Å². The van der Waals surface area contributed by atoms with Crippen LogP contribution in [0.2, 0.25) is 0 Å². The summed E-state index contributed by atoms with van der Waals surface area (Å²) in [4.78, 5) is 6.76. The van der Waals surface area contributed by atoms with Gasteiger partial charge in [0, 0.05) is 25.9 Å². The van der Waals surface area contributed by atoms with Crippen molar-refractivity contribution in [3.05, 3.63) is 47.2 Å². The number of hydrogen-bond donors (Lipinski definition) is 3. The molecule has 0 saturated carbocycles. The molecule has 2 rings (SSSR count). The molecule has 0 aromatic heterocycles. The highest BCUT2D eigenvalue weighted by atomic mass is 19.1. The predicted molar refractivity (Wildman–Crippen MR) is 92.3 cm³/mol. The number of aliphatic imine (C=N–C) groups is 1. The summed E-state index contributed by atoms with van der Waals surface area (Å²) in [5, 5.41) is 3.29. The molecule has 1 aromatic rings. The minimum atomic E-state index is -0.252. The largest absolute Gasteiger partial charge is 0.399 e. The second-order valence-electron chi connectivity index (χ2n) is 5.76. The zero-order valence-electron chi connectivity index (χ0n) is 13.7. The molecule has 1 saturated heterocycles.